The normalized spacial score (nSPS) is 21.3. The molecule has 2 amide bonds. The summed E-state index contributed by atoms with van der Waals surface area (Å²) in [5.74, 6) is 1.99. The van der Waals surface area contributed by atoms with Gasteiger partial charge in [0.25, 0.3) is 0 Å². The third-order valence-electron chi connectivity index (χ3n) is 3.51. The summed E-state index contributed by atoms with van der Waals surface area (Å²) in [6.07, 6.45) is 0.881. The summed E-state index contributed by atoms with van der Waals surface area (Å²) < 4.78 is 0. The lowest BCUT2D eigenvalue weighted by Gasteiger charge is -2.27. The van der Waals surface area contributed by atoms with Gasteiger partial charge >= 0.3 is 0 Å². The highest BCUT2D eigenvalue weighted by atomic mass is 35.5. The molecule has 1 atom stereocenters. The number of benzene rings is 1. The van der Waals surface area contributed by atoms with E-state index in [0.29, 0.717) is 16.7 Å². The van der Waals surface area contributed by atoms with Crippen molar-refractivity contribution < 1.29 is 9.59 Å². The minimum Gasteiger partial charge on any atom is -0.348 e. The first-order valence-corrected chi connectivity index (χ1v) is 9.22. The summed E-state index contributed by atoms with van der Waals surface area (Å²) in [4.78, 5) is 26.5. The van der Waals surface area contributed by atoms with Crippen molar-refractivity contribution in [3.8, 4) is 0 Å². The van der Waals surface area contributed by atoms with Crippen LogP contribution < -0.4 is 5.32 Å². The molecule has 21 heavy (non-hydrogen) atoms. The van der Waals surface area contributed by atoms with E-state index in [1.165, 1.54) is 4.90 Å². The Morgan fingerprint density at radius 3 is 3.10 bits per heavy atom. The summed E-state index contributed by atoms with van der Waals surface area (Å²) in [7, 11) is 0. The summed E-state index contributed by atoms with van der Waals surface area (Å²) >= 11 is 9.39. The fourth-order valence-electron chi connectivity index (χ4n) is 2.47. The second kappa shape index (κ2) is 6.50. The fourth-order valence-corrected chi connectivity index (χ4v) is 4.66. The number of halogens is 1. The standard InChI is InChI=1S/C14H15ClN2O2S2/c15-9-1-2-12-10(5-9)11(3-4-21-12)16-13(18)6-17-8-20-7-14(17)19/h1-2,5,11H,3-4,6-8H2,(H,16,18). The molecule has 1 fully saturated rings. The zero-order chi connectivity index (χ0) is 14.8. The summed E-state index contributed by atoms with van der Waals surface area (Å²) in [5.41, 5.74) is 1.08. The van der Waals surface area contributed by atoms with Crippen LogP contribution in [0.2, 0.25) is 5.02 Å². The quantitative estimate of drug-likeness (QED) is 0.917. The van der Waals surface area contributed by atoms with E-state index in [1.807, 2.05) is 18.2 Å². The van der Waals surface area contributed by atoms with Crippen LogP contribution in [0.1, 0.15) is 18.0 Å². The largest absolute Gasteiger partial charge is 0.348 e. The Balaban J connectivity index is 1.67. The Bertz CT molecular complexity index is 582. The van der Waals surface area contributed by atoms with Crippen LogP contribution in [0.4, 0.5) is 0 Å². The fraction of sp³-hybridized carbons (Fsp3) is 0.429. The highest BCUT2D eigenvalue weighted by molar-refractivity contribution is 8.00. The predicted octanol–water partition coefficient (Wildman–Crippen LogP) is 2.53. The van der Waals surface area contributed by atoms with Crippen LogP contribution >= 0.6 is 35.1 Å². The molecule has 0 radical (unpaired) electrons. The molecule has 0 aliphatic carbocycles. The minimum atomic E-state index is -0.103. The first kappa shape index (κ1) is 15.1. The molecule has 4 nitrogen and oxygen atoms in total. The molecule has 0 spiro atoms. The number of nitrogens with zero attached hydrogens (tertiary/aromatic N) is 1. The third kappa shape index (κ3) is 3.49. The second-order valence-electron chi connectivity index (χ2n) is 5.01. The maximum absolute atomic E-state index is 12.2. The first-order valence-electron chi connectivity index (χ1n) is 6.70. The molecule has 1 saturated heterocycles. The van der Waals surface area contributed by atoms with Crippen molar-refractivity contribution in [2.75, 3.05) is 23.9 Å². The van der Waals surface area contributed by atoms with E-state index >= 15 is 0 Å². The smallest absolute Gasteiger partial charge is 0.240 e. The van der Waals surface area contributed by atoms with Crippen LogP contribution in [-0.2, 0) is 9.59 Å². The van der Waals surface area contributed by atoms with Crippen LogP contribution in [0.5, 0.6) is 0 Å². The van der Waals surface area contributed by atoms with E-state index in [-0.39, 0.29) is 24.4 Å². The Morgan fingerprint density at radius 2 is 2.33 bits per heavy atom. The van der Waals surface area contributed by atoms with Gasteiger partial charge in [-0.05, 0) is 30.2 Å². The number of carbonyl (C=O) groups is 2. The maximum atomic E-state index is 12.2. The zero-order valence-corrected chi connectivity index (χ0v) is 13.7. The van der Waals surface area contributed by atoms with Gasteiger partial charge in [-0.2, -0.15) is 0 Å². The summed E-state index contributed by atoms with van der Waals surface area (Å²) in [6, 6.07) is 5.78. The van der Waals surface area contributed by atoms with Gasteiger partial charge < -0.3 is 10.2 Å². The Morgan fingerprint density at radius 1 is 1.48 bits per heavy atom. The molecule has 0 aromatic heterocycles. The molecule has 1 aromatic rings. The number of thioether (sulfide) groups is 2. The monoisotopic (exact) mass is 342 g/mol. The Labute approximate surface area is 137 Å². The van der Waals surface area contributed by atoms with Crippen LogP contribution in [0.25, 0.3) is 0 Å². The lowest BCUT2D eigenvalue weighted by molar-refractivity contribution is -0.132. The average Bonchev–Trinajstić information content (AvgIpc) is 2.85. The van der Waals surface area contributed by atoms with Crippen molar-refractivity contribution in [2.45, 2.75) is 17.4 Å². The molecule has 2 heterocycles. The zero-order valence-electron chi connectivity index (χ0n) is 11.3. The van der Waals surface area contributed by atoms with E-state index in [9.17, 15) is 9.59 Å². The summed E-state index contributed by atoms with van der Waals surface area (Å²) in [6.45, 7) is 0.144. The molecule has 1 N–H and O–H groups in total. The van der Waals surface area contributed by atoms with E-state index < -0.39 is 0 Å². The first-order chi connectivity index (χ1) is 10.1. The minimum absolute atomic E-state index is 0.0159. The molecular formula is C14H15ClN2O2S2. The van der Waals surface area contributed by atoms with Gasteiger partial charge in [-0.1, -0.05) is 11.6 Å². The van der Waals surface area contributed by atoms with Crippen molar-refractivity contribution in [3.63, 3.8) is 0 Å². The van der Waals surface area contributed by atoms with Gasteiger partial charge in [0, 0.05) is 15.7 Å². The Kier molecular flexibility index (Phi) is 4.66. The second-order valence-corrected chi connectivity index (χ2v) is 7.54. The molecule has 7 heteroatoms. The molecule has 112 valence electrons. The molecule has 0 saturated carbocycles. The van der Waals surface area contributed by atoms with E-state index in [4.69, 9.17) is 11.6 Å². The molecular weight excluding hydrogens is 328 g/mol. The average molecular weight is 343 g/mol. The van der Waals surface area contributed by atoms with E-state index in [1.54, 1.807) is 28.4 Å². The van der Waals surface area contributed by atoms with Crippen LogP contribution in [-0.4, -0.2) is 40.6 Å². The topological polar surface area (TPSA) is 49.4 Å². The predicted molar refractivity (Wildman–Crippen MR) is 86.7 cm³/mol. The lowest BCUT2D eigenvalue weighted by atomic mass is 10.0. The highest BCUT2D eigenvalue weighted by Crippen LogP contribution is 2.37. The van der Waals surface area contributed by atoms with Gasteiger partial charge in [0.15, 0.2) is 0 Å². The molecule has 2 aliphatic rings. The molecule has 0 bridgehead atoms. The highest BCUT2D eigenvalue weighted by Gasteiger charge is 2.26. The van der Waals surface area contributed by atoms with E-state index in [0.717, 1.165) is 17.7 Å². The third-order valence-corrected chi connectivity index (χ3v) is 5.81. The SMILES string of the molecule is O=C(CN1CSCC1=O)NC1CCSc2ccc(Cl)cc21. The number of nitrogens with one attached hydrogen (secondary N) is 1. The van der Waals surface area contributed by atoms with Crippen molar-refractivity contribution in [1.82, 2.24) is 10.2 Å². The Hall–Kier alpha value is -0.850. The summed E-state index contributed by atoms with van der Waals surface area (Å²) in [5, 5.41) is 3.72. The van der Waals surface area contributed by atoms with Crippen molar-refractivity contribution >= 4 is 46.9 Å². The number of carbonyl (C=O) groups excluding carboxylic acids is 2. The molecule has 3 rings (SSSR count). The van der Waals surface area contributed by atoms with Crippen LogP contribution in [0.3, 0.4) is 0 Å². The van der Waals surface area contributed by atoms with Crippen molar-refractivity contribution in [1.29, 1.82) is 0 Å². The van der Waals surface area contributed by atoms with Gasteiger partial charge in [-0.25, -0.2) is 0 Å². The van der Waals surface area contributed by atoms with Crippen LogP contribution in [0, 0.1) is 0 Å². The lowest BCUT2D eigenvalue weighted by Crippen LogP contribution is -2.40. The van der Waals surface area contributed by atoms with Gasteiger partial charge in [0.2, 0.25) is 11.8 Å². The number of hydrogen-bond acceptors (Lipinski definition) is 4. The van der Waals surface area contributed by atoms with E-state index in [2.05, 4.69) is 5.32 Å². The van der Waals surface area contributed by atoms with Crippen molar-refractivity contribution in [2.24, 2.45) is 0 Å². The van der Waals surface area contributed by atoms with Gasteiger partial charge in [-0.15, -0.1) is 23.5 Å². The maximum Gasteiger partial charge on any atom is 0.240 e. The van der Waals surface area contributed by atoms with Gasteiger partial charge in [0.1, 0.15) is 6.54 Å². The number of hydrogen-bond donors (Lipinski definition) is 1. The van der Waals surface area contributed by atoms with Crippen LogP contribution in [0.15, 0.2) is 23.1 Å². The number of fused-ring (bicyclic) bond motifs is 1. The number of rotatable bonds is 3. The molecule has 1 aromatic carbocycles. The van der Waals surface area contributed by atoms with Gasteiger partial charge in [0.05, 0.1) is 17.7 Å². The van der Waals surface area contributed by atoms with Gasteiger partial charge in [-0.3, -0.25) is 9.59 Å². The molecule has 1 unspecified atom stereocenters. The molecule has 2 aliphatic heterocycles. The number of amides is 2. The van der Waals surface area contributed by atoms with Crippen molar-refractivity contribution in [3.05, 3.63) is 28.8 Å².